The summed E-state index contributed by atoms with van der Waals surface area (Å²) in [6.45, 7) is 1.43. The number of rotatable bonds is 4. The Bertz CT molecular complexity index is 650. The fourth-order valence-corrected chi connectivity index (χ4v) is 2.93. The van der Waals surface area contributed by atoms with Gasteiger partial charge >= 0.3 is 5.97 Å². The molecule has 110 valence electrons. The molecule has 1 N–H and O–H groups in total. The van der Waals surface area contributed by atoms with E-state index in [0.717, 1.165) is 24.1 Å². The molecule has 0 fully saturated rings. The molecule has 0 spiro atoms. The second-order valence-electron chi connectivity index (χ2n) is 5.57. The first-order valence-corrected chi connectivity index (χ1v) is 7.14. The summed E-state index contributed by atoms with van der Waals surface area (Å²) in [5.74, 6) is -0.740. The van der Waals surface area contributed by atoms with E-state index in [-0.39, 0.29) is 0 Å². The van der Waals surface area contributed by atoms with Crippen molar-refractivity contribution in [3.8, 4) is 0 Å². The minimum atomic E-state index is -0.740. The zero-order chi connectivity index (χ0) is 14.8. The fraction of sp³-hybridized carbons (Fsp3) is 0.375. The van der Waals surface area contributed by atoms with Gasteiger partial charge in [-0.2, -0.15) is 5.10 Å². The van der Waals surface area contributed by atoms with Crippen LogP contribution in [0, 0.1) is 0 Å². The summed E-state index contributed by atoms with van der Waals surface area (Å²) >= 11 is 0. The Morgan fingerprint density at radius 1 is 1.38 bits per heavy atom. The van der Waals surface area contributed by atoms with Crippen LogP contribution in [-0.4, -0.2) is 38.3 Å². The summed E-state index contributed by atoms with van der Waals surface area (Å²) < 4.78 is 1.77. The summed E-state index contributed by atoms with van der Waals surface area (Å²) in [5, 5.41) is 13.6. The predicted molar refractivity (Wildman–Crippen MR) is 78.9 cm³/mol. The molecule has 1 unspecified atom stereocenters. The molecule has 1 aliphatic rings. The number of carboxylic acid groups (broad SMARTS) is 1. The third kappa shape index (κ3) is 2.97. The van der Waals surface area contributed by atoms with Crippen LogP contribution in [0.1, 0.15) is 16.7 Å². The summed E-state index contributed by atoms with van der Waals surface area (Å²) in [6, 6.07) is 7.67. The van der Waals surface area contributed by atoms with Gasteiger partial charge in [-0.05, 0) is 29.5 Å². The van der Waals surface area contributed by atoms with E-state index in [1.54, 1.807) is 4.68 Å². The van der Waals surface area contributed by atoms with Crippen molar-refractivity contribution in [2.45, 2.75) is 25.4 Å². The van der Waals surface area contributed by atoms with Crippen LogP contribution >= 0.6 is 0 Å². The average Bonchev–Trinajstić information content (AvgIpc) is 2.89. The van der Waals surface area contributed by atoms with Crippen LogP contribution in [0.3, 0.4) is 0 Å². The van der Waals surface area contributed by atoms with Gasteiger partial charge < -0.3 is 5.11 Å². The lowest BCUT2D eigenvalue weighted by molar-refractivity contribution is -0.143. The van der Waals surface area contributed by atoms with Crippen LogP contribution in [0.25, 0.3) is 0 Å². The number of aromatic nitrogens is 2. The molecule has 5 nitrogen and oxygen atoms in total. The van der Waals surface area contributed by atoms with E-state index in [1.165, 1.54) is 5.56 Å². The Hall–Kier alpha value is -2.14. The topological polar surface area (TPSA) is 58.4 Å². The number of fused-ring (bicyclic) bond motifs is 1. The highest BCUT2D eigenvalue weighted by atomic mass is 16.4. The quantitative estimate of drug-likeness (QED) is 0.924. The van der Waals surface area contributed by atoms with Gasteiger partial charge in [0.1, 0.15) is 6.04 Å². The number of aryl methyl sites for hydroxylation is 1. The standard InChI is InChI=1S/C16H19N3O2/c1-18-10-12(9-17-18)6-7-19-11-14-5-3-2-4-13(14)8-15(19)16(20)21/h2-5,9-10,15H,6-8,11H2,1H3,(H,20,21). The van der Waals surface area contributed by atoms with Crippen molar-refractivity contribution in [3.05, 3.63) is 53.3 Å². The van der Waals surface area contributed by atoms with Crippen molar-refractivity contribution in [3.63, 3.8) is 0 Å². The lowest BCUT2D eigenvalue weighted by atomic mass is 9.93. The van der Waals surface area contributed by atoms with Gasteiger partial charge in [0.2, 0.25) is 0 Å². The zero-order valence-electron chi connectivity index (χ0n) is 12.1. The Labute approximate surface area is 123 Å². The Morgan fingerprint density at radius 3 is 2.81 bits per heavy atom. The second-order valence-corrected chi connectivity index (χ2v) is 5.57. The van der Waals surface area contributed by atoms with E-state index in [2.05, 4.69) is 16.1 Å². The Balaban J connectivity index is 1.74. The summed E-state index contributed by atoms with van der Waals surface area (Å²) in [4.78, 5) is 13.6. The number of hydrogen-bond acceptors (Lipinski definition) is 3. The van der Waals surface area contributed by atoms with E-state index in [9.17, 15) is 9.90 Å². The Kier molecular flexibility index (Phi) is 3.75. The van der Waals surface area contributed by atoms with Crippen LogP contribution in [0.15, 0.2) is 36.7 Å². The maximum absolute atomic E-state index is 11.5. The molecular weight excluding hydrogens is 266 g/mol. The first-order valence-electron chi connectivity index (χ1n) is 7.14. The molecule has 0 bridgehead atoms. The van der Waals surface area contributed by atoms with E-state index >= 15 is 0 Å². The van der Waals surface area contributed by atoms with Gasteiger partial charge in [0.05, 0.1) is 6.20 Å². The molecule has 3 rings (SSSR count). The average molecular weight is 285 g/mol. The molecule has 2 aromatic rings. The van der Waals surface area contributed by atoms with Gasteiger partial charge in [0, 0.05) is 26.3 Å². The number of hydrogen-bond donors (Lipinski definition) is 1. The maximum Gasteiger partial charge on any atom is 0.321 e. The number of carbonyl (C=O) groups is 1. The van der Waals surface area contributed by atoms with Gasteiger partial charge in [-0.15, -0.1) is 0 Å². The predicted octanol–water partition coefficient (Wildman–Crippen LogP) is 1.47. The molecule has 0 radical (unpaired) electrons. The molecule has 5 heteroatoms. The lowest BCUT2D eigenvalue weighted by Crippen LogP contribution is -2.46. The highest BCUT2D eigenvalue weighted by Gasteiger charge is 2.30. The molecule has 0 amide bonds. The first-order chi connectivity index (χ1) is 10.1. The highest BCUT2D eigenvalue weighted by Crippen LogP contribution is 2.23. The second kappa shape index (κ2) is 5.69. The SMILES string of the molecule is Cn1cc(CCN2Cc3ccccc3CC2C(=O)O)cn1. The van der Waals surface area contributed by atoms with Crippen LogP contribution in [0.2, 0.25) is 0 Å². The zero-order valence-corrected chi connectivity index (χ0v) is 12.1. The van der Waals surface area contributed by atoms with Crippen molar-refractivity contribution < 1.29 is 9.90 Å². The summed E-state index contributed by atoms with van der Waals surface area (Å²) in [5.41, 5.74) is 3.53. The number of nitrogens with zero attached hydrogens (tertiary/aromatic N) is 3. The smallest absolute Gasteiger partial charge is 0.321 e. The minimum absolute atomic E-state index is 0.434. The van der Waals surface area contributed by atoms with Crippen molar-refractivity contribution in [2.24, 2.45) is 7.05 Å². The van der Waals surface area contributed by atoms with E-state index in [1.807, 2.05) is 37.6 Å². The number of benzene rings is 1. The van der Waals surface area contributed by atoms with Gasteiger partial charge in [-0.25, -0.2) is 0 Å². The molecule has 1 aromatic heterocycles. The number of aliphatic carboxylic acids is 1. The largest absolute Gasteiger partial charge is 0.480 e. The summed E-state index contributed by atoms with van der Waals surface area (Å²) in [7, 11) is 1.89. The maximum atomic E-state index is 11.5. The monoisotopic (exact) mass is 285 g/mol. The Morgan fingerprint density at radius 2 is 2.14 bits per heavy atom. The molecule has 0 saturated carbocycles. The van der Waals surface area contributed by atoms with Crippen LogP contribution < -0.4 is 0 Å². The molecule has 0 aliphatic carbocycles. The van der Waals surface area contributed by atoms with Gasteiger partial charge in [0.15, 0.2) is 0 Å². The minimum Gasteiger partial charge on any atom is -0.480 e. The van der Waals surface area contributed by atoms with Crippen LogP contribution in [0.4, 0.5) is 0 Å². The van der Waals surface area contributed by atoms with Crippen molar-refractivity contribution in [1.82, 2.24) is 14.7 Å². The van der Waals surface area contributed by atoms with E-state index < -0.39 is 12.0 Å². The van der Waals surface area contributed by atoms with Gasteiger partial charge in [-0.3, -0.25) is 14.4 Å². The van der Waals surface area contributed by atoms with Gasteiger partial charge in [0.25, 0.3) is 0 Å². The highest BCUT2D eigenvalue weighted by molar-refractivity contribution is 5.74. The molecular formula is C16H19N3O2. The third-order valence-corrected chi connectivity index (χ3v) is 4.08. The number of carboxylic acids is 1. The molecule has 1 aliphatic heterocycles. The van der Waals surface area contributed by atoms with E-state index in [0.29, 0.717) is 13.0 Å². The third-order valence-electron chi connectivity index (χ3n) is 4.08. The molecule has 1 atom stereocenters. The summed E-state index contributed by atoms with van der Waals surface area (Å²) in [6.07, 6.45) is 5.22. The molecule has 0 saturated heterocycles. The van der Waals surface area contributed by atoms with Crippen LogP contribution in [0.5, 0.6) is 0 Å². The fourth-order valence-electron chi connectivity index (χ4n) is 2.93. The van der Waals surface area contributed by atoms with Crippen molar-refractivity contribution in [2.75, 3.05) is 6.54 Å². The van der Waals surface area contributed by atoms with Crippen LogP contribution in [-0.2, 0) is 31.2 Å². The molecule has 21 heavy (non-hydrogen) atoms. The first kappa shape index (κ1) is 13.8. The van der Waals surface area contributed by atoms with Crippen molar-refractivity contribution in [1.29, 1.82) is 0 Å². The lowest BCUT2D eigenvalue weighted by Gasteiger charge is -2.34. The molecule has 1 aromatic carbocycles. The normalized spacial score (nSPS) is 18.4. The van der Waals surface area contributed by atoms with E-state index in [4.69, 9.17) is 0 Å². The van der Waals surface area contributed by atoms with Gasteiger partial charge in [-0.1, -0.05) is 24.3 Å². The molecule has 2 heterocycles. The van der Waals surface area contributed by atoms with Crippen molar-refractivity contribution >= 4 is 5.97 Å².